The largest absolute Gasteiger partial charge is 0.342 e. The van der Waals surface area contributed by atoms with Crippen LogP contribution in [0.25, 0.3) is 0 Å². The van der Waals surface area contributed by atoms with Gasteiger partial charge in [0.25, 0.3) is 0 Å². The van der Waals surface area contributed by atoms with E-state index in [9.17, 15) is 14.4 Å². The Balaban J connectivity index is 1.22. The summed E-state index contributed by atoms with van der Waals surface area (Å²) >= 11 is 0. The first-order valence-corrected chi connectivity index (χ1v) is 12.5. The third-order valence-electron chi connectivity index (χ3n) is 7.07. The first-order chi connectivity index (χ1) is 17.6. The highest BCUT2D eigenvalue weighted by molar-refractivity contribution is 6.00. The second-order valence-electron chi connectivity index (χ2n) is 9.44. The maximum absolute atomic E-state index is 13.6. The van der Waals surface area contributed by atoms with Crippen LogP contribution in [0.4, 0.5) is 11.5 Å². The van der Waals surface area contributed by atoms with Crippen LogP contribution in [0.3, 0.4) is 0 Å². The lowest BCUT2D eigenvalue weighted by Gasteiger charge is -2.35. The van der Waals surface area contributed by atoms with E-state index < -0.39 is 0 Å². The van der Waals surface area contributed by atoms with Crippen molar-refractivity contribution in [3.8, 4) is 0 Å². The summed E-state index contributed by atoms with van der Waals surface area (Å²) in [5.41, 5.74) is 1.87. The van der Waals surface area contributed by atoms with Gasteiger partial charge in [0.1, 0.15) is 5.82 Å². The van der Waals surface area contributed by atoms with E-state index in [-0.39, 0.29) is 36.0 Å². The molecule has 2 fully saturated rings. The van der Waals surface area contributed by atoms with Gasteiger partial charge in [-0.25, -0.2) is 4.98 Å². The molecule has 1 unspecified atom stereocenters. The van der Waals surface area contributed by atoms with Crippen LogP contribution >= 0.6 is 0 Å². The average Bonchev–Trinajstić information content (AvgIpc) is 3.34. The number of anilines is 2. The summed E-state index contributed by atoms with van der Waals surface area (Å²) in [5.74, 6) is 0.153. The molecule has 0 saturated carbocycles. The van der Waals surface area contributed by atoms with Gasteiger partial charge in [-0.1, -0.05) is 54.6 Å². The molecule has 1 aromatic heterocycles. The second-order valence-corrected chi connectivity index (χ2v) is 9.44. The summed E-state index contributed by atoms with van der Waals surface area (Å²) in [6.07, 6.45) is 3.14. The average molecular weight is 483 g/mol. The summed E-state index contributed by atoms with van der Waals surface area (Å²) in [7, 11) is 0. The fourth-order valence-corrected chi connectivity index (χ4v) is 5.11. The topological polar surface area (TPSA) is 73.8 Å². The Morgan fingerprint density at radius 1 is 0.861 bits per heavy atom. The van der Waals surface area contributed by atoms with E-state index in [0.29, 0.717) is 44.8 Å². The fraction of sp³-hybridized carbons (Fsp3) is 0.310. The van der Waals surface area contributed by atoms with Crippen LogP contribution in [0.15, 0.2) is 85.1 Å². The molecule has 5 rings (SSSR count). The van der Waals surface area contributed by atoms with E-state index in [4.69, 9.17) is 0 Å². The van der Waals surface area contributed by atoms with Gasteiger partial charge in [-0.2, -0.15) is 0 Å². The Bertz CT molecular complexity index is 1190. The number of benzene rings is 2. The molecule has 36 heavy (non-hydrogen) atoms. The third-order valence-corrected chi connectivity index (χ3v) is 7.07. The lowest BCUT2D eigenvalue weighted by atomic mass is 9.93. The van der Waals surface area contributed by atoms with Gasteiger partial charge in [0.15, 0.2) is 0 Å². The van der Waals surface area contributed by atoms with Gasteiger partial charge in [-0.05, 0) is 42.7 Å². The molecule has 2 aliphatic rings. The normalized spacial score (nSPS) is 18.3. The van der Waals surface area contributed by atoms with Gasteiger partial charge in [0.2, 0.25) is 17.7 Å². The van der Waals surface area contributed by atoms with E-state index >= 15 is 0 Å². The molecule has 0 aliphatic carbocycles. The van der Waals surface area contributed by atoms with Gasteiger partial charge >= 0.3 is 0 Å². The first-order valence-electron chi connectivity index (χ1n) is 12.5. The van der Waals surface area contributed by atoms with Gasteiger partial charge < -0.3 is 9.80 Å². The van der Waals surface area contributed by atoms with Crippen LogP contribution in [0.2, 0.25) is 0 Å². The van der Waals surface area contributed by atoms with Gasteiger partial charge in [0, 0.05) is 43.9 Å². The van der Waals surface area contributed by atoms with Gasteiger partial charge in [-0.3, -0.25) is 19.3 Å². The number of carbonyl (C=O) groups is 3. The summed E-state index contributed by atoms with van der Waals surface area (Å²) in [5, 5.41) is 0. The van der Waals surface area contributed by atoms with Crippen LogP contribution in [0.1, 0.15) is 24.8 Å². The zero-order valence-corrected chi connectivity index (χ0v) is 20.2. The number of hydrogen-bond donors (Lipinski definition) is 0. The van der Waals surface area contributed by atoms with Gasteiger partial charge in [-0.15, -0.1) is 0 Å². The van der Waals surface area contributed by atoms with Crippen molar-refractivity contribution in [3.05, 3.63) is 90.6 Å². The smallest absolute Gasteiger partial charge is 0.231 e. The number of nitrogens with zero attached hydrogens (tertiary/aromatic N) is 4. The highest BCUT2D eigenvalue weighted by Crippen LogP contribution is 2.29. The molecule has 2 saturated heterocycles. The molecule has 0 N–H and O–H groups in total. The van der Waals surface area contributed by atoms with E-state index in [1.807, 2.05) is 83.8 Å². The fourth-order valence-electron chi connectivity index (χ4n) is 5.11. The van der Waals surface area contributed by atoms with Gasteiger partial charge in [0.05, 0.1) is 12.5 Å². The van der Waals surface area contributed by atoms with Crippen molar-refractivity contribution in [2.24, 2.45) is 11.8 Å². The van der Waals surface area contributed by atoms with Crippen molar-refractivity contribution in [3.63, 3.8) is 0 Å². The summed E-state index contributed by atoms with van der Waals surface area (Å²) < 4.78 is 0. The van der Waals surface area contributed by atoms with E-state index in [0.717, 1.165) is 11.3 Å². The van der Waals surface area contributed by atoms with Crippen LogP contribution in [0, 0.1) is 11.8 Å². The van der Waals surface area contributed by atoms with Crippen molar-refractivity contribution in [1.29, 1.82) is 0 Å². The lowest BCUT2D eigenvalue weighted by Crippen LogP contribution is -2.46. The second kappa shape index (κ2) is 10.7. The van der Waals surface area contributed by atoms with Crippen LogP contribution in [-0.4, -0.2) is 47.2 Å². The van der Waals surface area contributed by atoms with Crippen LogP contribution < -0.4 is 9.80 Å². The summed E-state index contributed by atoms with van der Waals surface area (Å²) in [6, 6.07) is 25.0. The quantitative estimate of drug-likeness (QED) is 0.534. The molecule has 184 valence electrons. The lowest BCUT2D eigenvalue weighted by molar-refractivity contribution is -0.138. The Morgan fingerprint density at radius 2 is 1.53 bits per heavy atom. The van der Waals surface area contributed by atoms with Crippen molar-refractivity contribution in [1.82, 2.24) is 9.88 Å². The zero-order valence-electron chi connectivity index (χ0n) is 20.2. The molecule has 3 amide bonds. The predicted molar refractivity (Wildman–Crippen MR) is 138 cm³/mol. The molecule has 3 heterocycles. The Labute approximate surface area is 211 Å². The van der Waals surface area contributed by atoms with Crippen LogP contribution in [-0.2, 0) is 20.9 Å². The number of para-hydroxylation sites is 1. The number of piperidine rings is 1. The number of amides is 3. The SMILES string of the molecule is O=C(C1CC(=O)N(c2ccccc2)C1)N1CCC(C(=O)N(Cc2ccccc2)c2ccccn2)CC1. The monoisotopic (exact) mass is 482 g/mol. The molecular weight excluding hydrogens is 452 g/mol. The van der Waals surface area contributed by atoms with E-state index in [1.54, 1.807) is 16.0 Å². The van der Waals surface area contributed by atoms with E-state index in [2.05, 4.69) is 4.98 Å². The Hall–Kier alpha value is -4.00. The molecule has 2 aliphatic heterocycles. The minimum absolute atomic E-state index is 0.0125. The standard InChI is InChI=1S/C29H30N4O3/c34-27-19-24(21-32(27)25-11-5-2-6-12-25)28(35)31-17-14-23(15-18-31)29(36)33(26-13-7-8-16-30-26)20-22-9-3-1-4-10-22/h1-13,16,23-24H,14-15,17-21H2. The first kappa shape index (κ1) is 23.7. The molecule has 0 bridgehead atoms. The van der Waals surface area contributed by atoms with Crippen molar-refractivity contribution in [2.75, 3.05) is 29.4 Å². The Morgan fingerprint density at radius 3 is 2.19 bits per heavy atom. The number of carbonyl (C=O) groups excluding carboxylic acids is 3. The highest BCUT2D eigenvalue weighted by atomic mass is 16.2. The minimum Gasteiger partial charge on any atom is -0.342 e. The molecule has 2 aromatic carbocycles. The zero-order chi connectivity index (χ0) is 24.9. The number of hydrogen-bond acceptors (Lipinski definition) is 4. The highest BCUT2D eigenvalue weighted by Gasteiger charge is 2.39. The summed E-state index contributed by atoms with van der Waals surface area (Å²) in [6.45, 7) is 1.90. The van der Waals surface area contributed by atoms with E-state index in [1.165, 1.54) is 0 Å². The van der Waals surface area contributed by atoms with Crippen molar-refractivity contribution in [2.45, 2.75) is 25.8 Å². The number of pyridine rings is 1. The molecule has 3 aromatic rings. The summed E-state index contributed by atoms with van der Waals surface area (Å²) in [4.78, 5) is 49.1. The Kier molecular flexibility index (Phi) is 7.07. The number of rotatable bonds is 6. The van der Waals surface area contributed by atoms with Crippen molar-refractivity contribution < 1.29 is 14.4 Å². The number of likely N-dealkylation sites (tertiary alicyclic amines) is 1. The number of aromatic nitrogens is 1. The van der Waals surface area contributed by atoms with Crippen molar-refractivity contribution >= 4 is 29.2 Å². The van der Waals surface area contributed by atoms with Crippen LogP contribution in [0.5, 0.6) is 0 Å². The maximum Gasteiger partial charge on any atom is 0.231 e. The molecule has 7 heteroatoms. The molecule has 7 nitrogen and oxygen atoms in total. The minimum atomic E-state index is -0.340. The molecule has 1 atom stereocenters. The molecule has 0 spiro atoms. The molecular formula is C29H30N4O3. The maximum atomic E-state index is 13.6. The molecule has 0 radical (unpaired) electrons. The third kappa shape index (κ3) is 5.15. The predicted octanol–water partition coefficient (Wildman–Crippen LogP) is 3.91.